The van der Waals surface area contributed by atoms with Crippen LogP contribution >= 0.6 is 0 Å². The van der Waals surface area contributed by atoms with Crippen LogP contribution in [0.5, 0.6) is 0 Å². The largest absolute Gasteiger partial charge is 0.481 e. The van der Waals surface area contributed by atoms with E-state index in [0.29, 0.717) is 6.04 Å². The minimum Gasteiger partial charge on any atom is -0.481 e. The van der Waals surface area contributed by atoms with Gasteiger partial charge in [-0.15, -0.1) is 0 Å². The van der Waals surface area contributed by atoms with E-state index in [1.54, 1.807) is 0 Å². The van der Waals surface area contributed by atoms with Crippen molar-refractivity contribution in [1.29, 1.82) is 0 Å². The lowest BCUT2D eigenvalue weighted by Crippen LogP contribution is -2.48. The van der Waals surface area contributed by atoms with Gasteiger partial charge in [-0.1, -0.05) is 0 Å². The van der Waals surface area contributed by atoms with Crippen molar-refractivity contribution in [1.82, 2.24) is 15.5 Å². The zero-order valence-electron chi connectivity index (χ0n) is 11.4. The van der Waals surface area contributed by atoms with Gasteiger partial charge in [0.2, 0.25) is 5.91 Å². The van der Waals surface area contributed by atoms with Crippen molar-refractivity contribution >= 4 is 17.9 Å². The number of amides is 3. The Morgan fingerprint density at radius 1 is 1.15 bits per heavy atom. The highest BCUT2D eigenvalue weighted by molar-refractivity contribution is 5.94. The highest BCUT2D eigenvalue weighted by Crippen LogP contribution is 2.27. The Kier molecular flexibility index (Phi) is 4.94. The lowest BCUT2D eigenvalue weighted by Gasteiger charge is -2.21. The Morgan fingerprint density at radius 3 is 2.70 bits per heavy atom. The van der Waals surface area contributed by atoms with Gasteiger partial charge in [-0.2, -0.15) is 0 Å². The minimum absolute atomic E-state index is 0.0555. The number of aliphatic carboxylic acids is 1. The number of nitrogens with zero attached hydrogens (tertiary/aromatic N) is 1. The number of urea groups is 1. The summed E-state index contributed by atoms with van der Waals surface area (Å²) in [6.07, 6.45) is 3.42. The number of nitrogens with one attached hydrogen (secondary N) is 2. The summed E-state index contributed by atoms with van der Waals surface area (Å²) in [6, 6.07) is 0.0521. The SMILES string of the molecule is O=C(O)CCCC(=O)NC(=O)NC1CCN2CCCC12. The average molecular weight is 283 g/mol. The topological polar surface area (TPSA) is 98.7 Å². The molecule has 3 N–H and O–H groups in total. The van der Waals surface area contributed by atoms with Gasteiger partial charge in [-0.25, -0.2) is 4.79 Å². The zero-order valence-corrected chi connectivity index (χ0v) is 11.4. The Morgan fingerprint density at radius 2 is 1.95 bits per heavy atom. The Bertz CT molecular complexity index is 399. The van der Waals surface area contributed by atoms with Crippen molar-refractivity contribution in [3.05, 3.63) is 0 Å². The van der Waals surface area contributed by atoms with Crippen molar-refractivity contribution in [3.8, 4) is 0 Å². The molecule has 0 bridgehead atoms. The van der Waals surface area contributed by atoms with Crippen LogP contribution in [0.4, 0.5) is 4.79 Å². The van der Waals surface area contributed by atoms with E-state index in [9.17, 15) is 14.4 Å². The van der Waals surface area contributed by atoms with Crippen LogP contribution in [0.2, 0.25) is 0 Å². The third-order valence-corrected chi connectivity index (χ3v) is 3.97. The van der Waals surface area contributed by atoms with E-state index in [1.165, 1.54) is 6.42 Å². The third-order valence-electron chi connectivity index (χ3n) is 3.97. The first-order valence-corrected chi connectivity index (χ1v) is 7.12. The molecule has 2 saturated heterocycles. The fraction of sp³-hybridized carbons (Fsp3) is 0.769. The number of imide groups is 1. The summed E-state index contributed by atoms with van der Waals surface area (Å²) in [5, 5.41) is 13.6. The summed E-state index contributed by atoms with van der Waals surface area (Å²) in [5.74, 6) is -1.36. The highest BCUT2D eigenvalue weighted by atomic mass is 16.4. The van der Waals surface area contributed by atoms with Gasteiger partial charge in [-0.3, -0.25) is 19.8 Å². The van der Waals surface area contributed by atoms with Gasteiger partial charge >= 0.3 is 12.0 Å². The number of carboxylic acid groups (broad SMARTS) is 1. The van der Waals surface area contributed by atoms with E-state index in [0.717, 1.165) is 25.9 Å². The maximum absolute atomic E-state index is 11.7. The second-order valence-electron chi connectivity index (χ2n) is 5.41. The van der Waals surface area contributed by atoms with Crippen molar-refractivity contribution in [2.75, 3.05) is 13.1 Å². The third kappa shape index (κ3) is 3.93. The standard InChI is InChI=1S/C13H21N3O4/c17-11(4-1-5-12(18)19)15-13(20)14-9-6-8-16-7-2-3-10(9)16/h9-10H,1-8H2,(H,18,19)(H2,14,15,17,20). The van der Waals surface area contributed by atoms with Crippen LogP contribution in [0.15, 0.2) is 0 Å². The molecule has 2 unspecified atom stereocenters. The maximum atomic E-state index is 11.7. The molecule has 2 fully saturated rings. The van der Waals surface area contributed by atoms with E-state index in [2.05, 4.69) is 15.5 Å². The average Bonchev–Trinajstić information content (AvgIpc) is 2.93. The molecule has 2 aliphatic rings. The summed E-state index contributed by atoms with van der Waals surface area (Å²) in [7, 11) is 0. The molecule has 0 aromatic rings. The van der Waals surface area contributed by atoms with Gasteiger partial charge in [0.05, 0.1) is 0 Å². The second kappa shape index (κ2) is 6.69. The van der Waals surface area contributed by atoms with Crippen molar-refractivity contribution < 1.29 is 19.5 Å². The summed E-state index contributed by atoms with van der Waals surface area (Å²) in [4.78, 5) is 35.9. The zero-order chi connectivity index (χ0) is 14.5. The number of carbonyl (C=O) groups excluding carboxylic acids is 2. The van der Waals surface area contributed by atoms with Crippen LogP contribution in [0.3, 0.4) is 0 Å². The molecule has 7 heteroatoms. The summed E-state index contributed by atoms with van der Waals surface area (Å²) in [6.45, 7) is 2.10. The second-order valence-corrected chi connectivity index (χ2v) is 5.41. The molecule has 2 atom stereocenters. The van der Waals surface area contributed by atoms with Crippen molar-refractivity contribution in [2.45, 2.75) is 50.6 Å². The molecule has 20 heavy (non-hydrogen) atoms. The Balaban J connectivity index is 1.67. The number of carboxylic acids is 1. The van der Waals surface area contributed by atoms with Crippen LogP contribution in [-0.4, -0.2) is 53.1 Å². The predicted molar refractivity (Wildman–Crippen MR) is 71.2 cm³/mol. The summed E-state index contributed by atoms with van der Waals surface area (Å²) in [5.41, 5.74) is 0. The molecule has 0 spiro atoms. The first-order valence-electron chi connectivity index (χ1n) is 7.12. The van der Waals surface area contributed by atoms with Crippen molar-refractivity contribution in [3.63, 3.8) is 0 Å². The summed E-state index contributed by atoms with van der Waals surface area (Å²) >= 11 is 0. The lowest BCUT2D eigenvalue weighted by atomic mass is 10.1. The smallest absolute Gasteiger partial charge is 0.321 e. The van der Waals surface area contributed by atoms with E-state index < -0.39 is 17.9 Å². The van der Waals surface area contributed by atoms with E-state index in [4.69, 9.17) is 5.11 Å². The van der Waals surface area contributed by atoms with Crippen LogP contribution in [-0.2, 0) is 9.59 Å². The first kappa shape index (κ1) is 14.8. The molecule has 2 rings (SSSR count). The number of hydrogen-bond donors (Lipinski definition) is 3. The molecule has 2 heterocycles. The van der Waals surface area contributed by atoms with Crippen LogP contribution in [0.25, 0.3) is 0 Å². The Hall–Kier alpha value is -1.63. The normalized spacial score (nSPS) is 25.2. The summed E-state index contributed by atoms with van der Waals surface area (Å²) < 4.78 is 0. The van der Waals surface area contributed by atoms with Gasteiger partial charge in [0.1, 0.15) is 0 Å². The number of carbonyl (C=O) groups is 3. The van der Waals surface area contributed by atoms with Crippen molar-refractivity contribution in [2.24, 2.45) is 0 Å². The fourth-order valence-corrected chi connectivity index (χ4v) is 3.04. The minimum atomic E-state index is -0.936. The molecule has 112 valence electrons. The quantitative estimate of drug-likeness (QED) is 0.674. The molecule has 3 amide bonds. The fourth-order valence-electron chi connectivity index (χ4n) is 3.04. The molecule has 0 radical (unpaired) electrons. The number of hydrogen-bond acceptors (Lipinski definition) is 4. The Labute approximate surface area is 117 Å². The lowest BCUT2D eigenvalue weighted by molar-refractivity contribution is -0.137. The van der Waals surface area contributed by atoms with Crippen LogP contribution < -0.4 is 10.6 Å². The van der Waals surface area contributed by atoms with E-state index in [-0.39, 0.29) is 25.3 Å². The van der Waals surface area contributed by atoms with Gasteiger partial charge in [0.15, 0.2) is 0 Å². The van der Waals surface area contributed by atoms with Crippen LogP contribution in [0, 0.1) is 0 Å². The van der Waals surface area contributed by atoms with E-state index in [1.807, 2.05) is 0 Å². The molecular weight excluding hydrogens is 262 g/mol. The monoisotopic (exact) mass is 283 g/mol. The first-order chi connectivity index (χ1) is 9.56. The molecule has 0 aromatic heterocycles. The van der Waals surface area contributed by atoms with Gasteiger partial charge in [0, 0.05) is 31.5 Å². The number of rotatable bonds is 5. The van der Waals surface area contributed by atoms with Crippen LogP contribution in [0.1, 0.15) is 38.5 Å². The van der Waals surface area contributed by atoms with Gasteiger partial charge < -0.3 is 10.4 Å². The molecule has 2 aliphatic heterocycles. The van der Waals surface area contributed by atoms with Gasteiger partial charge in [0.25, 0.3) is 0 Å². The molecule has 0 saturated carbocycles. The number of fused-ring (bicyclic) bond motifs is 1. The molecule has 7 nitrogen and oxygen atoms in total. The molecule has 0 aromatic carbocycles. The van der Waals surface area contributed by atoms with Gasteiger partial charge in [-0.05, 0) is 32.2 Å². The predicted octanol–water partition coefficient (Wildman–Crippen LogP) is 0.304. The molecule has 0 aliphatic carbocycles. The van der Waals surface area contributed by atoms with E-state index >= 15 is 0 Å². The molecular formula is C13H21N3O4. The maximum Gasteiger partial charge on any atom is 0.321 e. The highest BCUT2D eigenvalue weighted by Gasteiger charge is 2.37.